The van der Waals surface area contributed by atoms with Gasteiger partial charge in [0.25, 0.3) is 0 Å². The molecule has 0 saturated heterocycles. The zero-order chi connectivity index (χ0) is 14.0. The van der Waals surface area contributed by atoms with E-state index in [4.69, 9.17) is 19.9 Å². The van der Waals surface area contributed by atoms with Crippen molar-refractivity contribution in [2.24, 2.45) is 5.73 Å². The first-order valence-electron chi connectivity index (χ1n) is 6.22. The highest BCUT2D eigenvalue weighted by Crippen LogP contribution is 2.34. The van der Waals surface area contributed by atoms with E-state index in [0.717, 1.165) is 5.56 Å². The summed E-state index contributed by atoms with van der Waals surface area (Å²) in [5.74, 6) is 1.06. The van der Waals surface area contributed by atoms with E-state index in [1.54, 1.807) is 12.1 Å². The molecule has 1 aliphatic rings. The minimum absolute atomic E-state index is 0.136. The lowest BCUT2D eigenvalue weighted by atomic mass is 10.0. The summed E-state index contributed by atoms with van der Waals surface area (Å²) in [6.07, 6.45) is 0.136. The summed E-state index contributed by atoms with van der Waals surface area (Å²) in [6, 6.07) is 5.02. The maximum absolute atomic E-state index is 11.7. The van der Waals surface area contributed by atoms with Crippen molar-refractivity contribution < 1.29 is 19.0 Å². The predicted molar refractivity (Wildman–Crippen MR) is 70.0 cm³/mol. The van der Waals surface area contributed by atoms with Gasteiger partial charge >= 0.3 is 5.97 Å². The summed E-state index contributed by atoms with van der Waals surface area (Å²) in [4.78, 5) is 11.7. The summed E-state index contributed by atoms with van der Waals surface area (Å²) < 4.78 is 15.8. The van der Waals surface area contributed by atoms with Crippen molar-refractivity contribution in [2.75, 3.05) is 6.79 Å². The summed E-state index contributed by atoms with van der Waals surface area (Å²) in [7, 11) is 0. The summed E-state index contributed by atoms with van der Waals surface area (Å²) in [5, 5.41) is 0. The van der Waals surface area contributed by atoms with Gasteiger partial charge in [0.1, 0.15) is 5.60 Å². The van der Waals surface area contributed by atoms with Crippen LogP contribution in [0.15, 0.2) is 18.2 Å². The number of ether oxygens (including phenoxy) is 3. The number of benzene rings is 1. The zero-order valence-corrected chi connectivity index (χ0v) is 11.4. The van der Waals surface area contributed by atoms with Gasteiger partial charge in [0.05, 0.1) is 6.42 Å². The van der Waals surface area contributed by atoms with Crippen molar-refractivity contribution in [3.63, 3.8) is 0 Å². The number of esters is 1. The summed E-state index contributed by atoms with van der Waals surface area (Å²) >= 11 is 0. The molecule has 19 heavy (non-hydrogen) atoms. The second-order valence-electron chi connectivity index (χ2n) is 5.51. The van der Waals surface area contributed by atoms with Gasteiger partial charge in [-0.3, -0.25) is 4.79 Å². The molecule has 0 unspecified atom stereocenters. The fourth-order valence-corrected chi connectivity index (χ4v) is 1.82. The Morgan fingerprint density at radius 3 is 2.74 bits per heavy atom. The summed E-state index contributed by atoms with van der Waals surface area (Å²) in [6.45, 7) is 5.71. The number of carbonyl (C=O) groups excluding carboxylic acids is 1. The minimum Gasteiger partial charge on any atom is -0.460 e. The average molecular weight is 265 g/mol. The van der Waals surface area contributed by atoms with Crippen LogP contribution in [0.5, 0.6) is 11.5 Å². The Bertz CT molecular complexity index is 479. The smallest absolute Gasteiger partial charge is 0.308 e. The molecule has 0 aromatic heterocycles. The van der Waals surface area contributed by atoms with E-state index in [9.17, 15) is 4.79 Å². The van der Waals surface area contributed by atoms with Crippen LogP contribution in [0.1, 0.15) is 38.8 Å². The van der Waals surface area contributed by atoms with E-state index >= 15 is 0 Å². The fourth-order valence-electron chi connectivity index (χ4n) is 1.82. The van der Waals surface area contributed by atoms with Crippen molar-refractivity contribution in [3.8, 4) is 11.5 Å². The normalized spacial score (nSPS) is 15.2. The van der Waals surface area contributed by atoms with Crippen LogP contribution >= 0.6 is 0 Å². The lowest BCUT2D eigenvalue weighted by Gasteiger charge is -2.21. The Labute approximate surface area is 112 Å². The van der Waals surface area contributed by atoms with Crippen LogP contribution in [0, 0.1) is 0 Å². The molecule has 1 aromatic rings. The molecule has 104 valence electrons. The van der Waals surface area contributed by atoms with Gasteiger partial charge in [-0.05, 0) is 38.5 Å². The maximum Gasteiger partial charge on any atom is 0.308 e. The third kappa shape index (κ3) is 3.61. The molecule has 0 aliphatic carbocycles. The molecule has 1 atom stereocenters. The number of hydrogen-bond acceptors (Lipinski definition) is 5. The SMILES string of the molecule is CC(C)(C)OC(=O)C[C@H](N)c1ccc2c(c1)OCO2. The standard InChI is InChI=1S/C14H19NO4/c1-14(2,3)19-13(16)7-10(15)9-4-5-11-12(6-9)18-8-17-11/h4-6,10H,7-8,15H2,1-3H3/t10-/m0/s1. The van der Waals surface area contributed by atoms with Crippen LogP contribution in [0.4, 0.5) is 0 Å². The van der Waals surface area contributed by atoms with Crippen LogP contribution in [0.3, 0.4) is 0 Å². The van der Waals surface area contributed by atoms with Gasteiger partial charge in [0.2, 0.25) is 6.79 Å². The Balaban J connectivity index is 2.00. The molecular weight excluding hydrogens is 246 g/mol. The molecule has 1 aromatic carbocycles. The molecule has 0 spiro atoms. The lowest BCUT2D eigenvalue weighted by Crippen LogP contribution is -2.26. The van der Waals surface area contributed by atoms with Crippen molar-refractivity contribution >= 4 is 5.97 Å². The van der Waals surface area contributed by atoms with Crippen LogP contribution in [0.2, 0.25) is 0 Å². The first-order valence-corrected chi connectivity index (χ1v) is 6.22. The highest BCUT2D eigenvalue weighted by Gasteiger charge is 2.21. The van der Waals surface area contributed by atoms with Gasteiger partial charge in [-0.2, -0.15) is 0 Å². The number of fused-ring (bicyclic) bond motifs is 1. The third-order valence-corrected chi connectivity index (χ3v) is 2.63. The molecule has 0 bridgehead atoms. The van der Waals surface area contributed by atoms with Crippen LogP contribution in [0.25, 0.3) is 0 Å². The van der Waals surface area contributed by atoms with E-state index in [-0.39, 0.29) is 19.2 Å². The molecular formula is C14H19NO4. The van der Waals surface area contributed by atoms with Gasteiger partial charge in [0.15, 0.2) is 11.5 Å². The largest absolute Gasteiger partial charge is 0.460 e. The molecule has 0 saturated carbocycles. The zero-order valence-electron chi connectivity index (χ0n) is 11.4. The Kier molecular flexibility index (Phi) is 3.66. The van der Waals surface area contributed by atoms with E-state index in [1.807, 2.05) is 26.8 Å². The number of hydrogen-bond donors (Lipinski definition) is 1. The topological polar surface area (TPSA) is 70.8 Å². The van der Waals surface area contributed by atoms with Gasteiger partial charge < -0.3 is 19.9 Å². The number of rotatable bonds is 3. The molecule has 5 nitrogen and oxygen atoms in total. The maximum atomic E-state index is 11.7. The van der Waals surface area contributed by atoms with Crippen molar-refractivity contribution in [1.29, 1.82) is 0 Å². The van der Waals surface area contributed by atoms with E-state index in [0.29, 0.717) is 11.5 Å². The molecule has 1 heterocycles. The lowest BCUT2D eigenvalue weighted by molar-refractivity contribution is -0.155. The molecule has 0 amide bonds. The first-order chi connectivity index (χ1) is 8.85. The van der Waals surface area contributed by atoms with Gasteiger partial charge in [-0.1, -0.05) is 6.07 Å². The minimum atomic E-state index is -0.494. The van der Waals surface area contributed by atoms with Crippen LogP contribution in [-0.2, 0) is 9.53 Å². The second kappa shape index (κ2) is 5.09. The number of nitrogens with two attached hydrogens (primary N) is 1. The Morgan fingerprint density at radius 1 is 1.37 bits per heavy atom. The molecule has 5 heteroatoms. The predicted octanol–water partition coefficient (Wildman–Crippen LogP) is 2.15. The molecule has 2 N–H and O–H groups in total. The van der Waals surface area contributed by atoms with Gasteiger partial charge in [0, 0.05) is 6.04 Å². The monoisotopic (exact) mass is 265 g/mol. The first kappa shape index (κ1) is 13.7. The fraction of sp³-hybridized carbons (Fsp3) is 0.500. The van der Waals surface area contributed by atoms with Crippen molar-refractivity contribution in [3.05, 3.63) is 23.8 Å². The van der Waals surface area contributed by atoms with E-state index < -0.39 is 11.6 Å². The summed E-state index contributed by atoms with van der Waals surface area (Å²) in [5.41, 5.74) is 6.35. The molecule has 2 rings (SSSR count). The third-order valence-electron chi connectivity index (χ3n) is 2.63. The number of carbonyl (C=O) groups is 1. The quantitative estimate of drug-likeness (QED) is 0.848. The van der Waals surface area contributed by atoms with Gasteiger partial charge in [-0.15, -0.1) is 0 Å². The van der Waals surface area contributed by atoms with Crippen molar-refractivity contribution in [1.82, 2.24) is 0 Å². The van der Waals surface area contributed by atoms with E-state index in [1.165, 1.54) is 0 Å². The van der Waals surface area contributed by atoms with E-state index in [2.05, 4.69) is 0 Å². The van der Waals surface area contributed by atoms with Gasteiger partial charge in [-0.25, -0.2) is 0 Å². The Hall–Kier alpha value is -1.75. The van der Waals surface area contributed by atoms with Crippen LogP contribution in [-0.4, -0.2) is 18.4 Å². The highest BCUT2D eigenvalue weighted by molar-refractivity contribution is 5.71. The molecule has 0 radical (unpaired) electrons. The molecule has 0 fully saturated rings. The second-order valence-corrected chi connectivity index (χ2v) is 5.51. The average Bonchev–Trinajstić information content (AvgIpc) is 2.72. The highest BCUT2D eigenvalue weighted by atomic mass is 16.7. The molecule has 1 aliphatic heterocycles. The Morgan fingerprint density at radius 2 is 2.05 bits per heavy atom. The van der Waals surface area contributed by atoms with Crippen molar-refractivity contribution in [2.45, 2.75) is 38.8 Å². The van der Waals surface area contributed by atoms with Crippen LogP contribution < -0.4 is 15.2 Å².